The highest BCUT2D eigenvalue weighted by Gasteiger charge is 2.19. The monoisotopic (exact) mass is 384 g/mol. The Bertz CT molecular complexity index is 887. The highest BCUT2D eigenvalue weighted by atomic mass is 35.5. The van der Waals surface area contributed by atoms with Crippen LogP contribution in [-0.4, -0.2) is 27.1 Å². The Balaban J connectivity index is 2.07. The summed E-state index contributed by atoms with van der Waals surface area (Å²) >= 11 is 6.01. The Morgan fingerprint density at radius 3 is 2.56 bits per heavy atom. The molecule has 2 aromatic rings. The number of hydrogen-bond donors (Lipinski definition) is 1. The zero-order valence-electron chi connectivity index (χ0n) is 13.8. The molecule has 0 unspecified atom stereocenters. The van der Waals surface area contributed by atoms with E-state index < -0.39 is 15.8 Å². The third-order valence-electron chi connectivity index (χ3n) is 3.49. The molecule has 0 aromatic heterocycles. The number of rotatable bonds is 6. The zero-order chi connectivity index (χ0) is 18.6. The fourth-order valence-electron chi connectivity index (χ4n) is 2.21. The third-order valence-corrected chi connectivity index (χ3v) is 5.10. The molecule has 0 saturated heterocycles. The van der Waals surface area contributed by atoms with Gasteiger partial charge in [0, 0.05) is 23.7 Å². The number of carbonyl (C=O) groups excluding carboxylic acids is 1. The molecule has 0 spiro atoms. The summed E-state index contributed by atoms with van der Waals surface area (Å²) in [4.78, 5) is 12.1. The highest BCUT2D eigenvalue weighted by molar-refractivity contribution is 7.92. The van der Waals surface area contributed by atoms with Crippen LogP contribution in [0.3, 0.4) is 0 Å². The molecular weight excluding hydrogens is 367 g/mol. The molecule has 2 aromatic carbocycles. The number of benzene rings is 2. The summed E-state index contributed by atoms with van der Waals surface area (Å²) < 4.78 is 38.3. The molecule has 0 heterocycles. The van der Waals surface area contributed by atoms with Crippen LogP contribution in [0.1, 0.15) is 12.0 Å². The molecule has 5 nitrogen and oxygen atoms in total. The van der Waals surface area contributed by atoms with Crippen LogP contribution in [0.2, 0.25) is 5.02 Å². The number of nitrogens with zero attached hydrogens (tertiary/aromatic N) is 1. The Morgan fingerprint density at radius 2 is 1.96 bits per heavy atom. The van der Waals surface area contributed by atoms with Gasteiger partial charge in [-0.1, -0.05) is 23.7 Å². The van der Waals surface area contributed by atoms with Crippen molar-refractivity contribution in [2.45, 2.75) is 13.3 Å². The van der Waals surface area contributed by atoms with Crippen LogP contribution in [0.15, 0.2) is 42.5 Å². The lowest BCUT2D eigenvalue weighted by molar-refractivity contribution is -0.116. The largest absolute Gasteiger partial charge is 0.326 e. The molecule has 2 rings (SSSR count). The SMILES string of the molecule is Cc1ccc(NC(=O)CCN(c2cccc(F)c2)S(C)(=O)=O)cc1Cl. The smallest absolute Gasteiger partial charge is 0.232 e. The summed E-state index contributed by atoms with van der Waals surface area (Å²) in [6.07, 6.45) is 0.921. The second-order valence-corrected chi connectivity index (χ2v) is 7.89. The Morgan fingerprint density at radius 1 is 1.24 bits per heavy atom. The standard InChI is InChI=1S/C17H18ClFN2O3S/c1-12-6-7-14(11-16(12)18)20-17(22)8-9-21(25(2,23)24)15-5-3-4-13(19)10-15/h3-7,10-11H,8-9H2,1-2H3,(H,20,22). The van der Waals surface area contributed by atoms with Gasteiger partial charge in [0.1, 0.15) is 5.82 Å². The van der Waals surface area contributed by atoms with E-state index in [-0.39, 0.29) is 24.6 Å². The van der Waals surface area contributed by atoms with Gasteiger partial charge in [-0.05, 0) is 42.8 Å². The molecule has 0 aliphatic rings. The van der Waals surface area contributed by atoms with Crippen molar-refractivity contribution in [2.75, 3.05) is 22.4 Å². The van der Waals surface area contributed by atoms with Crippen molar-refractivity contribution in [3.63, 3.8) is 0 Å². The Kier molecular flexibility index (Phi) is 6.02. The van der Waals surface area contributed by atoms with Gasteiger partial charge in [-0.25, -0.2) is 12.8 Å². The first kappa shape index (κ1) is 19.2. The van der Waals surface area contributed by atoms with E-state index in [0.717, 1.165) is 22.2 Å². The molecule has 0 bridgehead atoms. The van der Waals surface area contributed by atoms with Gasteiger partial charge in [0.05, 0.1) is 11.9 Å². The second kappa shape index (κ2) is 7.84. The molecule has 0 atom stereocenters. The van der Waals surface area contributed by atoms with Crippen molar-refractivity contribution in [1.82, 2.24) is 0 Å². The van der Waals surface area contributed by atoms with Gasteiger partial charge in [0.25, 0.3) is 0 Å². The molecule has 1 amide bonds. The van der Waals surface area contributed by atoms with Gasteiger partial charge in [-0.2, -0.15) is 0 Å². The van der Waals surface area contributed by atoms with E-state index >= 15 is 0 Å². The fourth-order valence-corrected chi connectivity index (χ4v) is 3.31. The number of anilines is 2. The lowest BCUT2D eigenvalue weighted by Gasteiger charge is -2.22. The number of sulfonamides is 1. The predicted octanol–water partition coefficient (Wildman–Crippen LogP) is 3.58. The first-order valence-corrected chi connectivity index (χ1v) is 9.69. The van der Waals surface area contributed by atoms with E-state index in [1.165, 1.54) is 18.2 Å². The number of halogens is 2. The zero-order valence-corrected chi connectivity index (χ0v) is 15.4. The van der Waals surface area contributed by atoms with Gasteiger partial charge in [0.15, 0.2) is 0 Å². The van der Waals surface area contributed by atoms with Crippen molar-refractivity contribution in [3.8, 4) is 0 Å². The minimum absolute atomic E-state index is 0.0882. The highest BCUT2D eigenvalue weighted by Crippen LogP contribution is 2.21. The molecule has 0 radical (unpaired) electrons. The van der Waals surface area contributed by atoms with E-state index in [0.29, 0.717) is 10.7 Å². The number of aryl methyl sites for hydroxylation is 1. The topological polar surface area (TPSA) is 66.5 Å². The maximum Gasteiger partial charge on any atom is 0.232 e. The minimum Gasteiger partial charge on any atom is -0.326 e. The van der Waals surface area contributed by atoms with Gasteiger partial charge >= 0.3 is 0 Å². The van der Waals surface area contributed by atoms with Crippen LogP contribution in [0.25, 0.3) is 0 Å². The molecule has 0 aliphatic carbocycles. The maximum absolute atomic E-state index is 13.4. The molecule has 0 fully saturated rings. The molecule has 8 heteroatoms. The lowest BCUT2D eigenvalue weighted by Crippen LogP contribution is -2.33. The Hall–Kier alpha value is -2.12. The number of carbonyl (C=O) groups is 1. The van der Waals surface area contributed by atoms with E-state index in [2.05, 4.69) is 5.32 Å². The van der Waals surface area contributed by atoms with E-state index in [1.807, 2.05) is 6.92 Å². The average Bonchev–Trinajstić information content (AvgIpc) is 2.50. The van der Waals surface area contributed by atoms with E-state index in [9.17, 15) is 17.6 Å². The van der Waals surface area contributed by atoms with Crippen LogP contribution in [0, 0.1) is 12.7 Å². The quantitative estimate of drug-likeness (QED) is 0.827. The molecule has 25 heavy (non-hydrogen) atoms. The number of amides is 1. The summed E-state index contributed by atoms with van der Waals surface area (Å²) in [5.74, 6) is -0.921. The van der Waals surface area contributed by atoms with Crippen molar-refractivity contribution in [2.24, 2.45) is 0 Å². The van der Waals surface area contributed by atoms with Gasteiger partial charge in [-0.15, -0.1) is 0 Å². The van der Waals surface area contributed by atoms with Crippen LogP contribution >= 0.6 is 11.6 Å². The Labute approximate surface area is 151 Å². The summed E-state index contributed by atoms with van der Waals surface area (Å²) in [6, 6.07) is 10.3. The predicted molar refractivity (Wildman–Crippen MR) is 98.0 cm³/mol. The summed E-state index contributed by atoms with van der Waals surface area (Å²) in [5, 5.41) is 3.18. The van der Waals surface area contributed by atoms with E-state index in [4.69, 9.17) is 11.6 Å². The van der Waals surface area contributed by atoms with Crippen LogP contribution in [0.5, 0.6) is 0 Å². The molecule has 1 N–H and O–H groups in total. The first-order chi connectivity index (χ1) is 11.7. The first-order valence-electron chi connectivity index (χ1n) is 7.46. The number of hydrogen-bond acceptors (Lipinski definition) is 3. The van der Waals surface area contributed by atoms with Gasteiger partial charge < -0.3 is 5.32 Å². The van der Waals surface area contributed by atoms with Crippen molar-refractivity contribution >= 4 is 38.9 Å². The van der Waals surface area contributed by atoms with E-state index in [1.54, 1.807) is 18.2 Å². The van der Waals surface area contributed by atoms with Crippen LogP contribution in [-0.2, 0) is 14.8 Å². The summed E-state index contributed by atoms with van der Waals surface area (Å²) in [5.41, 5.74) is 1.58. The summed E-state index contributed by atoms with van der Waals surface area (Å²) in [7, 11) is -3.65. The molecule has 0 aliphatic heterocycles. The minimum atomic E-state index is -3.65. The van der Waals surface area contributed by atoms with Crippen LogP contribution in [0.4, 0.5) is 15.8 Å². The van der Waals surface area contributed by atoms with Gasteiger partial charge in [-0.3, -0.25) is 9.10 Å². The normalized spacial score (nSPS) is 11.2. The summed E-state index contributed by atoms with van der Waals surface area (Å²) in [6.45, 7) is 1.74. The molecular formula is C17H18ClFN2O3S. The maximum atomic E-state index is 13.4. The van der Waals surface area contributed by atoms with Crippen molar-refractivity contribution < 1.29 is 17.6 Å². The van der Waals surface area contributed by atoms with Crippen LogP contribution < -0.4 is 9.62 Å². The van der Waals surface area contributed by atoms with Crippen molar-refractivity contribution in [1.29, 1.82) is 0 Å². The third kappa shape index (κ3) is 5.44. The van der Waals surface area contributed by atoms with Gasteiger partial charge in [0.2, 0.25) is 15.9 Å². The lowest BCUT2D eigenvalue weighted by atomic mass is 10.2. The fraction of sp³-hybridized carbons (Fsp3) is 0.235. The average molecular weight is 385 g/mol. The molecule has 0 saturated carbocycles. The van der Waals surface area contributed by atoms with Crippen molar-refractivity contribution in [3.05, 3.63) is 58.9 Å². The molecule has 134 valence electrons. The second-order valence-electron chi connectivity index (χ2n) is 5.58. The number of nitrogens with one attached hydrogen (secondary N) is 1.